The Bertz CT molecular complexity index is 1230. The normalized spacial score (nSPS) is 10.8. The topological polar surface area (TPSA) is 79.9 Å². The van der Waals surface area contributed by atoms with Gasteiger partial charge in [-0.15, -0.1) is 0 Å². The molecular weight excluding hydrogens is 411 g/mol. The van der Waals surface area contributed by atoms with E-state index in [1.807, 2.05) is 24.3 Å². The fourth-order valence-corrected chi connectivity index (χ4v) is 3.10. The summed E-state index contributed by atoms with van der Waals surface area (Å²) in [6.45, 7) is 0.808. The summed E-state index contributed by atoms with van der Waals surface area (Å²) in [5, 5.41) is 5.14. The first-order chi connectivity index (χ1) is 14.1. The zero-order valence-electron chi connectivity index (χ0n) is 15.2. The van der Waals surface area contributed by atoms with Crippen LogP contribution >= 0.6 is 23.2 Å². The Morgan fingerprint density at radius 1 is 1.00 bits per heavy atom. The van der Waals surface area contributed by atoms with Gasteiger partial charge in [0.05, 0.1) is 28.1 Å². The molecule has 0 spiro atoms. The van der Waals surface area contributed by atoms with Crippen LogP contribution in [0.4, 0.5) is 5.82 Å². The predicted molar refractivity (Wildman–Crippen MR) is 115 cm³/mol. The molecule has 0 bridgehead atoms. The number of fused-ring (bicyclic) bond motifs is 1. The van der Waals surface area contributed by atoms with E-state index < -0.39 is 0 Å². The molecule has 146 valence electrons. The van der Waals surface area contributed by atoms with E-state index in [1.54, 1.807) is 30.6 Å². The molecule has 0 fully saturated rings. The Hall–Kier alpha value is -3.09. The number of halogens is 2. The highest BCUT2D eigenvalue weighted by molar-refractivity contribution is 6.42. The largest absolute Gasteiger partial charge is 0.487 e. The van der Waals surface area contributed by atoms with Crippen molar-refractivity contribution in [2.45, 2.75) is 13.2 Å². The van der Waals surface area contributed by atoms with Crippen LogP contribution in [-0.4, -0.2) is 15.0 Å². The van der Waals surface area contributed by atoms with E-state index in [-0.39, 0.29) is 12.2 Å². The van der Waals surface area contributed by atoms with Crippen LogP contribution in [0.5, 0.6) is 5.75 Å². The van der Waals surface area contributed by atoms with Crippen molar-refractivity contribution in [1.82, 2.24) is 15.0 Å². The van der Waals surface area contributed by atoms with E-state index in [2.05, 4.69) is 20.3 Å². The van der Waals surface area contributed by atoms with E-state index in [9.17, 15) is 4.79 Å². The third-order valence-corrected chi connectivity index (χ3v) is 4.96. The molecule has 0 radical (unpaired) electrons. The molecule has 0 atom stereocenters. The van der Waals surface area contributed by atoms with Gasteiger partial charge in [-0.05, 0) is 42.0 Å². The van der Waals surface area contributed by atoms with Gasteiger partial charge in [-0.2, -0.15) is 0 Å². The summed E-state index contributed by atoms with van der Waals surface area (Å²) in [6.07, 6.45) is 3.30. The number of hydrogen-bond acceptors (Lipinski definition) is 5. The molecule has 8 heteroatoms. The maximum Gasteiger partial charge on any atom is 0.248 e. The summed E-state index contributed by atoms with van der Waals surface area (Å²) < 4.78 is 5.82. The predicted octanol–water partition coefficient (Wildman–Crippen LogP) is 4.82. The van der Waals surface area contributed by atoms with Crippen molar-refractivity contribution >= 4 is 39.9 Å². The van der Waals surface area contributed by atoms with Crippen LogP contribution in [0, 0.1) is 0 Å². The highest BCUT2D eigenvalue weighted by Gasteiger charge is 2.04. The fraction of sp³-hybridized carbons (Fsp3) is 0.0952. The van der Waals surface area contributed by atoms with Crippen LogP contribution in [0.15, 0.2) is 65.7 Å². The van der Waals surface area contributed by atoms with Crippen LogP contribution in [0.2, 0.25) is 10.0 Å². The number of H-pyrrole nitrogens is 1. The van der Waals surface area contributed by atoms with Gasteiger partial charge >= 0.3 is 0 Å². The Balaban J connectivity index is 1.40. The number of benzene rings is 2. The molecule has 0 unspecified atom stereocenters. The lowest BCUT2D eigenvalue weighted by atomic mass is 10.2. The summed E-state index contributed by atoms with van der Waals surface area (Å²) in [5.41, 5.74) is 2.30. The van der Waals surface area contributed by atoms with Gasteiger partial charge in [-0.25, -0.2) is 4.98 Å². The Labute approximate surface area is 176 Å². The molecular formula is C21H16Cl2N4O2. The number of nitrogens with one attached hydrogen (secondary N) is 2. The van der Waals surface area contributed by atoms with Crippen molar-refractivity contribution in [3.63, 3.8) is 0 Å². The van der Waals surface area contributed by atoms with Crippen LogP contribution in [0.1, 0.15) is 11.3 Å². The summed E-state index contributed by atoms with van der Waals surface area (Å²) in [5.74, 6) is 1.31. The van der Waals surface area contributed by atoms with Crippen LogP contribution in [-0.2, 0) is 13.2 Å². The van der Waals surface area contributed by atoms with Gasteiger partial charge in [0.25, 0.3) is 0 Å². The standard InChI is InChI=1S/C21H16Cl2N4O2/c22-17-4-1-13(7-18(17)23)9-25-20-11-24-10-15(26-20)12-29-16-3-5-19-14(8-16)2-6-21(28)27-19/h1-8,10-11H,9,12H2,(H,25,26)(H,27,28). The molecule has 2 aromatic heterocycles. The zero-order valence-corrected chi connectivity index (χ0v) is 16.7. The van der Waals surface area contributed by atoms with Crippen molar-refractivity contribution in [3.8, 4) is 5.75 Å². The smallest absolute Gasteiger partial charge is 0.248 e. The van der Waals surface area contributed by atoms with Crippen LogP contribution in [0.3, 0.4) is 0 Å². The van der Waals surface area contributed by atoms with Gasteiger partial charge in [0.15, 0.2) is 0 Å². The molecule has 6 nitrogen and oxygen atoms in total. The summed E-state index contributed by atoms with van der Waals surface area (Å²) >= 11 is 12.0. The molecule has 2 aromatic carbocycles. The second-order valence-electron chi connectivity index (χ2n) is 6.36. The van der Waals surface area contributed by atoms with E-state index >= 15 is 0 Å². The maximum absolute atomic E-state index is 11.4. The average Bonchev–Trinajstić information content (AvgIpc) is 2.73. The molecule has 2 N–H and O–H groups in total. The van der Waals surface area contributed by atoms with Gasteiger partial charge in [0, 0.05) is 23.5 Å². The minimum absolute atomic E-state index is 0.133. The molecule has 0 aliphatic carbocycles. The first-order valence-corrected chi connectivity index (χ1v) is 9.57. The van der Waals surface area contributed by atoms with E-state index in [4.69, 9.17) is 27.9 Å². The number of ether oxygens (including phenoxy) is 1. The summed E-state index contributed by atoms with van der Waals surface area (Å²) in [6, 6.07) is 14.2. The number of rotatable bonds is 6. The lowest BCUT2D eigenvalue weighted by Crippen LogP contribution is -2.06. The number of aromatic amines is 1. The van der Waals surface area contributed by atoms with Gasteiger partial charge in [-0.3, -0.25) is 9.78 Å². The number of anilines is 1. The number of aromatic nitrogens is 3. The van der Waals surface area contributed by atoms with Gasteiger partial charge in [0.2, 0.25) is 5.56 Å². The molecule has 0 amide bonds. The van der Waals surface area contributed by atoms with E-state index in [1.165, 1.54) is 6.07 Å². The van der Waals surface area contributed by atoms with Gasteiger partial charge in [-0.1, -0.05) is 29.3 Å². The molecule has 29 heavy (non-hydrogen) atoms. The minimum atomic E-state index is -0.133. The molecule has 4 aromatic rings. The molecule has 2 heterocycles. The number of nitrogens with zero attached hydrogens (tertiary/aromatic N) is 2. The first-order valence-electron chi connectivity index (χ1n) is 8.81. The lowest BCUT2D eigenvalue weighted by Gasteiger charge is -2.09. The summed E-state index contributed by atoms with van der Waals surface area (Å²) in [7, 11) is 0. The molecule has 4 rings (SSSR count). The van der Waals surface area contributed by atoms with Gasteiger partial charge < -0.3 is 15.0 Å². The maximum atomic E-state index is 11.4. The fourth-order valence-electron chi connectivity index (χ4n) is 2.78. The third kappa shape index (κ3) is 4.85. The monoisotopic (exact) mass is 426 g/mol. The number of pyridine rings is 1. The van der Waals surface area contributed by atoms with Crippen LogP contribution < -0.4 is 15.6 Å². The van der Waals surface area contributed by atoms with Crippen molar-refractivity contribution in [3.05, 3.63) is 92.6 Å². The molecule has 0 aliphatic heterocycles. The zero-order chi connectivity index (χ0) is 20.2. The van der Waals surface area contributed by atoms with Crippen molar-refractivity contribution in [2.24, 2.45) is 0 Å². The van der Waals surface area contributed by atoms with Crippen LogP contribution in [0.25, 0.3) is 10.9 Å². The molecule has 0 aliphatic rings. The van der Waals surface area contributed by atoms with Crippen molar-refractivity contribution in [1.29, 1.82) is 0 Å². The lowest BCUT2D eigenvalue weighted by molar-refractivity contribution is 0.301. The minimum Gasteiger partial charge on any atom is -0.487 e. The first kappa shape index (κ1) is 19.2. The average molecular weight is 427 g/mol. The van der Waals surface area contributed by atoms with Crippen molar-refractivity contribution < 1.29 is 4.74 Å². The second kappa shape index (κ2) is 8.51. The third-order valence-electron chi connectivity index (χ3n) is 4.22. The molecule has 0 saturated carbocycles. The Morgan fingerprint density at radius 2 is 1.90 bits per heavy atom. The number of hydrogen-bond donors (Lipinski definition) is 2. The SMILES string of the molecule is O=c1ccc2cc(OCc3cncc(NCc4ccc(Cl)c(Cl)c4)n3)ccc2[nH]1. The van der Waals surface area contributed by atoms with E-state index in [0.29, 0.717) is 33.9 Å². The highest BCUT2D eigenvalue weighted by Crippen LogP contribution is 2.23. The quantitative estimate of drug-likeness (QED) is 0.462. The van der Waals surface area contributed by atoms with E-state index in [0.717, 1.165) is 16.5 Å². The second-order valence-corrected chi connectivity index (χ2v) is 7.17. The Kier molecular flexibility index (Phi) is 5.64. The summed E-state index contributed by atoms with van der Waals surface area (Å²) in [4.78, 5) is 22.9. The highest BCUT2D eigenvalue weighted by atomic mass is 35.5. The Morgan fingerprint density at radius 3 is 2.76 bits per heavy atom. The molecule has 0 saturated heterocycles. The van der Waals surface area contributed by atoms with Crippen molar-refractivity contribution in [2.75, 3.05) is 5.32 Å². The van der Waals surface area contributed by atoms with Gasteiger partial charge in [0.1, 0.15) is 18.2 Å².